The van der Waals surface area contributed by atoms with Gasteiger partial charge in [-0.05, 0) is 37.5 Å². The van der Waals surface area contributed by atoms with Crippen molar-refractivity contribution in [2.75, 3.05) is 18.5 Å². The fraction of sp³-hybridized carbons (Fsp3) is 0.571. The van der Waals surface area contributed by atoms with E-state index >= 15 is 0 Å². The van der Waals surface area contributed by atoms with Gasteiger partial charge in [0.05, 0.1) is 11.8 Å². The van der Waals surface area contributed by atoms with E-state index in [9.17, 15) is 4.79 Å². The topological polar surface area (TPSA) is 55.3 Å². The van der Waals surface area contributed by atoms with Gasteiger partial charge in [0, 0.05) is 32.0 Å². The Kier molecular flexibility index (Phi) is 5.55. The number of aryl methyl sites for hydroxylation is 1. The molecule has 0 unspecified atom stereocenters. The van der Waals surface area contributed by atoms with Gasteiger partial charge in [-0.1, -0.05) is 6.92 Å². The Morgan fingerprint density at radius 3 is 3.10 bits per heavy atom. The van der Waals surface area contributed by atoms with Crippen molar-refractivity contribution < 1.29 is 4.74 Å². The lowest BCUT2D eigenvalue weighted by molar-refractivity contribution is 0.114. The van der Waals surface area contributed by atoms with Crippen molar-refractivity contribution in [1.82, 2.24) is 9.88 Å². The van der Waals surface area contributed by atoms with E-state index in [-0.39, 0.29) is 11.7 Å². The quantitative estimate of drug-likeness (QED) is 0.810. The van der Waals surface area contributed by atoms with Crippen LogP contribution in [0.5, 0.6) is 0 Å². The van der Waals surface area contributed by atoms with Crippen LogP contribution < -0.4 is 16.2 Å². The Bertz CT molecular complexity index is 509. The standard InChI is InChI=1S/C14H21N3O2S/c1-2-7-17-10-11(5-6-13(17)18)16-14(20)15-9-12-4-3-8-19-12/h5-6,10,12H,2-4,7-9H2,1H3,(H2,15,16,20)/t12-/m1/s1. The molecule has 1 aromatic rings. The third-order valence-corrected chi connectivity index (χ3v) is 3.47. The minimum absolute atomic E-state index is 0.00985. The lowest BCUT2D eigenvalue weighted by Gasteiger charge is -2.14. The zero-order chi connectivity index (χ0) is 14.4. The number of aromatic nitrogens is 1. The lowest BCUT2D eigenvalue weighted by Crippen LogP contribution is -2.35. The number of ether oxygens (including phenoxy) is 1. The number of hydrogen-bond acceptors (Lipinski definition) is 3. The van der Waals surface area contributed by atoms with Crippen LogP contribution in [0, 0.1) is 0 Å². The SMILES string of the molecule is CCCn1cc(NC(=S)NC[C@H]2CCCO2)ccc1=O. The van der Waals surface area contributed by atoms with Crippen LogP contribution >= 0.6 is 12.2 Å². The van der Waals surface area contributed by atoms with Gasteiger partial charge in [0.1, 0.15) is 0 Å². The first kappa shape index (κ1) is 15.0. The fourth-order valence-electron chi connectivity index (χ4n) is 2.21. The van der Waals surface area contributed by atoms with Crippen molar-refractivity contribution in [3.05, 3.63) is 28.7 Å². The third-order valence-electron chi connectivity index (χ3n) is 3.22. The maximum absolute atomic E-state index is 11.6. The van der Waals surface area contributed by atoms with Crippen molar-refractivity contribution >= 4 is 23.0 Å². The molecule has 2 rings (SSSR count). The van der Waals surface area contributed by atoms with Crippen molar-refractivity contribution in [3.8, 4) is 0 Å². The second-order valence-corrected chi connectivity index (χ2v) is 5.33. The predicted molar refractivity (Wildman–Crippen MR) is 84.2 cm³/mol. The molecule has 0 aromatic carbocycles. The molecule has 1 saturated heterocycles. The average Bonchev–Trinajstić information content (AvgIpc) is 2.94. The number of rotatable bonds is 5. The highest BCUT2D eigenvalue weighted by Crippen LogP contribution is 2.10. The highest BCUT2D eigenvalue weighted by atomic mass is 32.1. The molecule has 0 radical (unpaired) electrons. The summed E-state index contributed by atoms with van der Waals surface area (Å²) in [7, 11) is 0. The van der Waals surface area contributed by atoms with Gasteiger partial charge < -0.3 is 19.9 Å². The summed E-state index contributed by atoms with van der Waals surface area (Å²) in [4.78, 5) is 11.6. The molecule has 1 aliphatic heterocycles. The van der Waals surface area contributed by atoms with Crippen LogP contribution in [0.4, 0.5) is 5.69 Å². The normalized spacial score (nSPS) is 17.9. The Balaban J connectivity index is 1.86. The smallest absolute Gasteiger partial charge is 0.250 e. The number of thiocarbonyl (C=S) groups is 1. The molecule has 20 heavy (non-hydrogen) atoms. The van der Waals surface area contributed by atoms with E-state index in [2.05, 4.69) is 10.6 Å². The van der Waals surface area contributed by atoms with Crippen molar-refractivity contribution in [2.24, 2.45) is 0 Å². The maximum atomic E-state index is 11.6. The molecule has 1 aromatic heterocycles. The zero-order valence-electron chi connectivity index (χ0n) is 11.7. The Labute approximate surface area is 124 Å². The largest absolute Gasteiger partial charge is 0.376 e. The van der Waals surface area contributed by atoms with Crippen LogP contribution in [0.2, 0.25) is 0 Å². The van der Waals surface area contributed by atoms with E-state index in [0.717, 1.165) is 38.1 Å². The van der Waals surface area contributed by atoms with Crippen LogP contribution in [-0.4, -0.2) is 28.9 Å². The molecule has 110 valence electrons. The van der Waals surface area contributed by atoms with Gasteiger partial charge >= 0.3 is 0 Å². The summed E-state index contributed by atoms with van der Waals surface area (Å²) in [6.45, 7) is 4.32. The van der Waals surface area contributed by atoms with E-state index in [4.69, 9.17) is 17.0 Å². The molecule has 2 N–H and O–H groups in total. The van der Waals surface area contributed by atoms with Crippen molar-refractivity contribution in [1.29, 1.82) is 0 Å². The molecule has 0 amide bonds. The summed E-state index contributed by atoms with van der Waals surface area (Å²) in [5, 5.41) is 6.80. The maximum Gasteiger partial charge on any atom is 0.250 e. The minimum Gasteiger partial charge on any atom is -0.376 e. The number of pyridine rings is 1. The Morgan fingerprint density at radius 1 is 1.55 bits per heavy atom. The van der Waals surface area contributed by atoms with Crippen LogP contribution in [0.3, 0.4) is 0 Å². The number of hydrogen-bond donors (Lipinski definition) is 2. The van der Waals surface area contributed by atoms with Crippen LogP contribution in [0.1, 0.15) is 26.2 Å². The molecule has 6 heteroatoms. The van der Waals surface area contributed by atoms with Gasteiger partial charge in [0.15, 0.2) is 5.11 Å². The molecule has 2 heterocycles. The van der Waals surface area contributed by atoms with Crippen LogP contribution in [-0.2, 0) is 11.3 Å². The first-order valence-corrected chi connectivity index (χ1v) is 7.47. The summed E-state index contributed by atoms with van der Waals surface area (Å²) in [6.07, 6.45) is 5.17. The molecule has 1 fully saturated rings. The zero-order valence-corrected chi connectivity index (χ0v) is 12.5. The second-order valence-electron chi connectivity index (χ2n) is 4.92. The monoisotopic (exact) mass is 295 g/mol. The molecule has 1 aliphatic rings. The van der Waals surface area contributed by atoms with Gasteiger partial charge in [-0.25, -0.2) is 0 Å². The fourth-order valence-corrected chi connectivity index (χ4v) is 2.41. The van der Waals surface area contributed by atoms with Gasteiger partial charge in [-0.3, -0.25) is 4.79 Å². The van der Waals surface area contributed by atoms with Gasteiger partial charge in [0.2, 0.25) is 0 Å². The van der Waals surface area contributed by atoms with Crippen molar-refractivity contribution in [2.45, 2.75) is 38.8 Å². The van der Waals surface area contributed by atoms with Crippen molar-refractivity contribution in [3.63, 3.8) is 0 Å². The Morgan fingerprint density at radius 2 is 2.40 bits per heavy atom. The van der Waals surface area contributed by atoms with Gasteiger partial charge in [0.25, 0.3) is 5.56 Å². The first-order chi connectivity index (χ1) is 9.69. The molecule has 5 nitrogen and oxygen atoms in total. The molecule has 0 aliphatic carbocycles. The third kappa shape index (κ3) is 4.31. The molecule has 1 atom stereocenters. The summed E-state index contributed by atoms with van der Waals surface area (Å²) in [6, 6.07) is 3.30. The summed E-state index contributed by atoms with van der Waals surface area (Å²) >= 11 is 5.25. The van der Waals surface area contributed by atoms with Gasteiger partial charge in [-0.15, -0.1) is 0 Å². The highest BCUT2D eigenvalue weighted by molar-refractivity contribution is 7.80. The minimum atomic E-state index is 0.00985. The molecule has 0 spiro atoms. The average molecular weight is 295 g/mol. The van der Waals surface area contributed by atoms with Crippen LogP contribution in [0.25, 0.3) is 0 Å². The summed E-state index contributed by atoms with van der Waals surface area (Å²) in [5.74, 6) is 0. The molecular formula is C14H21N3O2S. The van der Waals surface area contributed by atoms with E-state index < -0.39 is 0 Å². The Hall–Kier alpha value is -1.40. The summed E-state index contributed by atoms with van der Waals surface area (Å²) in [5.41, 5.74) is 0.832. The second kappa shape index (κ2) is 7.40. The lowest BCUT2D eigenvalue weighted by atomic mass is 10.2. The van der Waals surface area contributed by atoms with E-state index in [1.54, 1.807) is 22.9 Å². The van der Waals surface area contributed by atoms with E-state index in [1.165, 1.54) is 0 Å². The first-order valence-electron chi connectivity index (χ1n) is 7.06. The van der Waals surface area contributed by atoms with Gasteiger partial charge in [-0.2, -0.15) is 0 Å². The molecule has 0 bridgehead atoms. The van der Waals surface area contributed by atoms with E-state index in [0.29, 0.717) is 11.7 Å². The highest BCUT2D eigenvalue weighted by Gasteiger charge is 2.15. The van der Waals surface area contributed by atoms with E-state index in [1.807, 2.05) is 6.92 Å². The molecular weight excluding hydrogens is 274 g/mol. The number of nitrogens with zero attached hydrogens (tertiary/aromatic N) is 1. The number of anilines is 1. The molecule has 0 saturated carbocycles. The summed E-state index contributed by atoms with van der Waals surface area (Å²) < 4.78 is 7.21. The number of nitrogens with one attached hydrogen (secondary N) is 2. The van der Waals surface area contributed by atoms with Crippen LogP contribution in [0.15, 0.2) is 23.1 Å². The predicted octanol–water partition coefficient (Wildman–Crippen LogP) is 1.72.